The van der Waals surface area contributed by atoms with Crippen molar-refractivity contribution in [1.29, 1.82) is 0 Å². The van der Waals surface area contributed by atoms with E-state index in [4.69, 9.17) is 37.0 Å². The monoisotopic (exact) mass is 1450 g/mol. The Kier molecular flexibility index (Phi) is 70.8. The Balaban J connectivity index is 5.36. The molecule has 0 spiro atoms. The summed E-state index contributed by atoms with van der Waals surface area (Å²) in [5, 5.41) is 10.6. The van der Waals surface area contributed by atoms with Crippen LogP contribution in [0.1, 0.15) is 349 Å². The minimum atomic E-state index is -4.98. The standard InChI is InChI=1S/C81H144O17P2/c1-5-9-13-17-21-25-29-33-35-36-37-38-40-43-46-50-54-58-62-66-79(84)92-72-77(98-81(86)68-64-60-56-52-48-44-39-34-30-26-22-18-14-10-6-2)74-96-100(89,90)94-70-75(82)69-93-99(87,88)95-73-76(97-80(85)67-63-59-55-51-47-42-32-28-24-20-16-12-8-4)71-91-78(83)65-61-57-53-49-45-41-31-27-23-19-15-11-7-3/h9,13,21-22,25-26,33-35,37-39,43,46,75-77,82H,5-8,10-12,14-20,23-24,27-32,36,40-42,44-45,47-74H2,1-4H3,(H,87,88)(H,89,90)/b13-9-,25-21-,26-22-,35-33-,38-37-,39-34-,46-43-/t75-,76+,77+/m0/s1. The first kappa shape index (κ1) is 96.2. The number of phosphoric acid groups is 2. The van der Waals surface area contributed by atoms with Gasteiger partial charge in [-0.15, -0.1) is 0 Å². The number of allylic oxidation sites excluding steroid dienone is 14. The number of unbranched alkanes of at least 4 members (excludes halogenated alkanes) is 35. The van der Waals surface area contributed by atoms with Gasteiger partial charge in [0, 0.05) is 25.7 Å². The van der Waals surface area contributed by atoms with E-state index in [-0.39, 0.29) is 25.7 Å². The molecule has 0 fully saturated rings. The highest BCUT2D eigenvalue weighted by atomic mass is 31.2. The van der Waals surface area contributed by atoms with Gasteiger partial charge in [0.1, 0.15) is 19.3 Å². The molecule has 0 amide bonds. The highest BCUT2D eigenvalue weighted by molar-refractivity contribution is 7.47. The van der Waals surface area contributed by atoms with Gasteiger partial charge in [-0.05, 0) is 103 Å². The van der Waals surface area contributed by atoms with Crippen LogP contribution in [0.5, 0.6) is 0 Å². The normalized spacial score (nSPS) is 14.3. The average Bonchev–Trinajstić information content (AvgIpc) is 0.946. The summed E-state index contributed by atoms with van der Waals surface area (Å²) >= 11 is 0. The average molecular weight is 1450 g/mol. The lowest BCUT2D eigenvalue weighted by Crippen LogP contribution is -2.30. The number of rotatable bonds is 75. The van der Waals surface area contributed by atoms with E-state index < -0.39 is 97.5 Å². The Morgan fingerprint density at radius 1 is 0.290 bits per heavy atom. The van der Waals surface area contributed by atoms with Crippen molar-refractivity contribution >= 4 is 39.5 Å². The summed E-state index contributed by atoms with van der Waals surface area (Å²) in [6, 6.07) is 0. The molecule has 0 saturated heterocycles. The summed E-state index contributed by atoms with van der Waals surface area (Å²) < 4.78 is 68.6. The highest BCUT2D eigenvalue weighted by Gasteiger charge is 2.30. The van der Waals surface area contributed by atoms with Crippen molar-refractivity contribution in [1.82, 2.24) is 0 Å². The fraction of sp³-hybridized carbons (Fsp3) is 0.778. The number of hydrogen-bond donors (Lipinski definition) is 3. The molecular formula is C81H144O17P2. The number of esters is 4. The van der Waals surface area contributed by atoms with Crippen LogP contribution in [0.2, 0.25) is 0 Å². The third kappa shape index (κ3) is 72.6. The molecule has 19 heteroatoms. The van der Waals surface area contributed by atoms with Gasteiger partial charge in [-0.2, -0.15) is 0 Å². The summed E-state index contributed by atoms with van der Waals surface area (Å²) in [5.74, 6) is -2.20. The molecule has 0 aromatic rings. The molecule has 0 aliphatic carbocycles. The Morgan fingerprint density at radius 3 is 0.830 bits per heavy atom. The van der Waals surface area contributed by atoms with Crippen LogP contribution in [0.25, 0.3) is 0 Å². The lowest BCUT2D eigenvalue weighted by molar-refractivity contribution is -0.161. The summed E-state index contributed by atoms with van der Waals surface area (Å²) in [4.78, 5) is 72.9. The van der Waals surface area contributed by atoms with E-state index in [1.54, 1.807) is 0 Å². The lowest BCUT2D eigenvalue weighted by Gasteiger charge is -2.21. The molecule has 0 aliphatic rings. The quantitative estimate of drug-likeness (QED) is 0.0169. The molecule has 0 heterocycles. The zero-order valence-corrected chi connectivity index (χ0v) is 65.2. The number of carbonyl (C=O) groups excluding carboxylic acids is 4. The van der Waals surface area contributed by atoms with E-state index in [0.29, 0.717) is 25.7 Å². The van der Waals surface area contributed by atoms with Crippen LogP contribution >= 0.6 is 15.6 Å². The first-order chi connectivity index (χ1) is 48.7. The Morgan fingerprint density at radius 2 is 0.520 bits per heavy atom. The third-order valence-corrected chi connectivity index (χ3v) is 18.8. The van der Waals surface area contributed by atoms with Crippen LogP contribution in [0, 0.1) is 0 Å². The second-order valence-corrected chi connectivity index (χ2v) is 29.5. The molecule has 0 rings (SSSR count). The second-order valence-electron chi connectivity index (χ2n) is 26.6. The van der Waals surface area contributed by atoms with Crippen LogP contribution in [-0.2, 0) is 65.4 Å². The van der Waals surface area contributed by atoms with Gasteiger partial charge in [0.2, 0.25) is 0 Å². The molecule has 0 aliphatic heterocycles. The number of aliphatic hydroxyl groups is 1. The van der Waals surface area contributed by atoms with Crippen LogP contribution in [0.15, 0.2) is 85.1 Å². The van der Waals surface area contributed by atoms with Crippen LogP contribution < -0.4 is 0 Å². The van der Waals surface area contributed by atoms with E-state index in [1.807, 2.05) is 0 Å². The molecule has 0 bridgehead atoms. The number of hydrogen-bond acceptors (Lipinski definition) is 15. The van der Waals surface area contributed by atoms with Crippen molar-refractivity contribution in [2.24, 2.45) is 0 Å². The van der Waals surface area contributed by atoms with E-state index in [9.17, 15) is 43.2 Å². The van der Waals surface area contributed by atoms with Crippen molar-refractivity contribution in [2.45, 2.75) is 367 Å². The fourth-order valence-corrected chi connectivity index (χ4v) is 12.4. The number of ether oxygens (including phenoxy) is 4. The first-order valence-electron chi connectivity index (χ1n) is 39.8. The predicted molar refractivity (Wildman–Crippen MR) is 409 cm³/mol. The van der Waals surface area contributed by atoms with Gasteiger partial charge < -0.3 is 33.8 Å². The van der Waals surface area contributed by atoms with E-state index in [2.05, 4.69) is 113 Å². The SMILES string of the molecule is CC/C=C\C/C=C\C/C=C\C/C=C\C/C=C\CCCCCC(=O)OC[C@H](COP(=O)(O)OC[C@@H](O)COP(=O)(O)OC[C@@H](COC(=O)CCCCCCCCCCCCCCC)OC(=O)CCCCCCCCCCCCCCC)OC(=O)CCCCCCC/C=C\C/C=C\CCCCC. The van der Waals surface area contributed by atoms with Gasteiger partial charge in [0.25, 0.3) is 0 Å². The van der Waals surface area contributed by atoms with Crippen LogP contribution in [0.4, 0.5) is 0 Å². The van der Waals surface area contributed by atoms with Gasteiger partial charge in [-0.25, -0.2) is 9.13 Å². The smallest absolute Gasteiger partial charge is 0.462 e. The molecule has 0 saturated carbocycles. The van der Waals surface area contributed by atoms with Crippen LogP contribution in [0.3, 0.4) is 0 Å². The maximum atomic E-state index is 13.1. The predicted octanol–water partition coefficient (Wildman–Crippen LogP) is 23.0. The molecule has 100 heavy (non-hydrogen) atoms. The Labute approximate surface area is 608 Å². The van der Waals surface area contributed by atoms with Crippen molar-refractivity contribution in [3.05, 3.63) is 85.1 Å². The summed E-state index contributed by atoms with van der Waals surface area (Å²) in [5.41, 5.74) is 0. The van der Waals surface area contributed by atoms with Crippen molar-refractivity contribution in [3.63, 3.8) is 0 Å². The molecule has 0 aromatic heterocycles. The molecule has 3 N–H and O–H groups in total. The van der Waals surface area contributed by atoms with Gasteiger partial charge in [-0.1, -0.05) is 305 Å². The number of carbonyl (C=O) groups is 4. The van der Waals surface area contributed by atoms with Gasteiger partial charge in [0.15, 0.2) is 12.2 Å². The van der Waals surface area contributed by atoms with Crippen LogP contribution in [-0.4, -0.2) is 96.7 Å². The van der Waals surface area contributed by atoms with E-state index in [1.165, 1.54) is 128 Å². The summed E-state index contributed by atoms with van der Waals surface area (Å²) in [6.07, 6.45) is 75.6. The minimum Gasteiger partial charge on any atom is -0.462 e. The molecule has 580 valence electrons. The third-order valence-electron chi connectivity index (χ3n) is 16.9. The molecular weight excluding hydrogens is 1310 g/mol. The topological polar surface area (TPSA) is 237 Å². The van der Waals surface area contributed by atoms with Crippen molar-refractivity contribution < 1.29 is 80.2 Å². The maximum absolute atomic E-state index is 13.1. The Bertz CT molecular complexity index is 2230. The molecule has 5 atom stereocenters. The Hall–Kier alpha value is -3.76. The summed E-state index contributed by atoms with van der Waals surface area (Å²) in [7, 11) is -9.95. The van der Waals surface area contributed by atoms with Gasteiger partial charge in [0.05, 0.1) is 26.4 Å². The van der Waals surface area contributed by atoms with Crippen molar-refractivity contribution in [2.75, 3.05) is 39.6 Å². The first-order valence-corrected chi connectivity index (χ1v) is 42.8. The molecule has 2 unspecified atom stereocenters. The van der Waals surface area contributed by atoms with Crippen molar-refractivity contribution in [3.8, 4) is 0 Å². The van der Waals surface area contributed by atoms with Gasteiger partial charge in [-0.3, -0.25) is 37.3 Å². The highest BCUT2D eigenvalue weighted by Crippen LogP contribution is 2.45. The molecule has 17 nitrogen and oxygen atoms in total. The molecule has 0 aromatic carbocycles. The molecule has 0 radical (unpaired) electrons. The lowest BCUT2D eigenvalue weighted by atomic mass is 10.0. The van der Waals surface area contributed by atoms with E-state index in [0.717, 1.165) is 141 Å². The van der Waals surface area contributed by atoms with E-state index >= 15 is 0 Å². The zero-order chi connectivity index (χ0) is 73.2. The number of phosphoric ester groups is 2. The number of aliphatic hydroxyl groups excluding tert-OH is 1. The second kappa shape index (κ2) is 73.5. The largest absolute Gasteiger partial charge is 0.472 e. The fourth-order valence-electron chi connectivity index (χ4n) is 10.8. The summed E-state index contributed by atoms with van der Waals surface area (Å²) in [6.45, 7) is 4.73. The van der Waals surface area contributed by atoms with Gasteiger partial charge >= 0.3 is 39.5 Å². The zero-order valence-electron chi connectivity index (χ0n) is 63.4. The maximum Gasteiger partial charge on any atom is 0.472 e. The minimum absolute atomic E-state index is 0.0725.